The molecule has 0 N–H and O–H groups in total. The van der Waals surface area contributed by atoms with Crippen LogP contribution in [-0.4, -0.2) is 23.4 Å². The molecule has 4 rings (SSSR count). The molecule has 0 spiro atoms. The van der Waals surface area contributed by atoms with Crippen LogP contribution in [0.25, 0.3) is 6.08 Å². The lowest BCUT2D eigenvalue weighted by atomic mass is 10.1. The minimum Gasteiger partial charge on any atom is -0.488 e. The van der Waals surface area contributed by atoms with Crippen molar-refractivity contribution in [2.45, 2.75) is 0 Å². The molecule has 0 amide bonds. The van der Waals surface area contributed by atoms with Gasteiger partial charge in [-0.15, -0.1) is 0 Å². The maximum atomic E-state index is 12.1. The van der Waals surface area contributed by atoms with Crippen LogP contribution in [0, 0.1) is 10.1 Å². The van der Waals surface area contributed by atoms with E-state index in [4.69, 9.17) is 21.1 Å². The average molecular weight is 383 g/mol. The molecule has 0 atom stereocenters. The minimum absolute atomic E-state index is 0.0238. The van der Waals surface area contributed by atoms with E-state index in [0.29, 0.717) is 16.3 Å². The van der Waals surface area contributed by atoms with Gasteiger partial charge in [0.15, 0.2) is 5.70 Å². The average Bonchev–Trinajstić information content (AvgIpc) is 3.02. The van der Waals surface area contributed by atoms with Crippen molar-refractivity contribution in [1.82, 2.24) is 0 Å². The Hall–Kier alpha value is -3.45. The third-order valence-electron chi connectivity index (χ3n) is 3.95. The van der Waals surface area contributed by atoms with E-state index in [1.807, 2.05) is 6.08 Å². The van der Waals surface area contributed by atoms with Gasteiger partial charge in [-0.1, -0.05) is 17.7 Å². The lowest BCUT2D eigenvalue weighted by molar-refractivity contribution is -0.384. The molecule has 2 aromatic carbocycles. The Labute approximate surface area is 158 Å². The van der Waals surface area contributed by atoms with Gasteiger partial charge in [0.1, 0.15) is 12.4 Å². The first-order valence-electron chi connectivity index (χ1n) is 7.90. The number of ether oxygens (including phenoxy) is 2. The van der Waals surface area contributed by atoms with Crippen molar-refractivity contribution in [1.29, 1.82) is 0 Å². The fourth-order valence-electron chi connectivity index (χ4n) is 2.71. The normalized spacial score (nSPS) is 16.9. The number of esters is 1. The molecule has 0 unspecified atom stereocenters. The number of aliphatic imine (C=N–C) groups is 1. The van der Waals surface area contributed by atoms with Gasteiger partial charge in [-0.25, -0.2) is 9.79 Å². The highest BCUT2D eigenvalue weighted by Crippen LogP contribution is 2.30. The Morgan fingerprint density at radius 1 is 1.22 bits per heavy atom. The van der Waals surface area contributed by atoms with Crippen LogP contribution in [0.1, 0.15) is 11.1 Å². The summed E-state index contributed by atoms with van der Waals surface area (Å²) in [5.74, 6) is 0.0985. The highest BCUT2D eigenvalue weighted by molar-refractivity contribution is 6.30. The summed E-state index contributed by atoms with van der Waals surface area (Å²) < 4.78 is 10.8. The van der Waals surface area contributed by atoms with Gasteiger partial charge in [0.2, 0.25) is 5.90 Å². The quantitative estimate of drug-likeness (QED) is 0.347. The lowest BCUT2D eigenvalue weighted by Crippen LogP contribution is -2.08. The van der Waals surface area contributed by atoms with Crippen molar-refractivity contribution >= 4 is 35.2 Å². The molecule has 27 heavy (non-hydrogen) atoms. The van der Waals surface area contributed by atoms with Crippen LogP contribution in [0.3, 0.4) is 0 Å². The zero-order chi connectivity index (χ0) is 19.0. The summed E-state index contributed by atoms with van der Waals surface area (Å²) in [6.45, 7) is 0.271. The van der Waals surface area contributed by atoms with Crippen LogP contribution in [0.2, 0.25) is 5.02 Å². The van der Waals surface area contributed by atoms with Gasteiger partial charge in [0, 0.05) is 28.3 Å². The zero-order valence-corrected chi connectivity index (χ0v) is 14.5. The van der Waals surface area contributed by atoms with Crippen LogP contribution < -0.4 is 4.74 Å². The number of halogens is 1. The van der Waals surface area contributed by atoms with E-state index in [0.717, 1.165) is 11.1 Å². The molecular weight excluding hydrogens is 372 g/mol. The molecule has 8 heteroatoms. The van der Waals surface area contributed by atoms with E-state index in [1.165, 1.54) is 18.2 Å². The highest BCUT2D eigenvalue weighted by Gasteiger charge is 2.26. The number of carbonyl (C=O) groups excluding carboxylic acids is 1. The largest absolute Gasteiger partial charge is 0.488 e. The third kappa shape index (κ3) is 3.45. The summed E-state index contributed by atoms with van der Waals surface area (Å²) in [4.78, 5) is 26.7. The molecule has 7 nitrogen and oxygen atoms in total. The monoisotopic (exact) mass is 382 g/mol. The smallest absolute Gasteiger partial charge is 0.363 e. The molecule has 0 aromatic heterocycles. The van der Waals surface area contributed by atoms with Gasteiger partial charge >= 0.3 is 5.97 Å². The Morgan fingerprint density at radius 3 is 2.89 bits per heavy atom. The van der Waals surface area contributed by atoms with Crippen molar-refractivity contribution in [2.75, 3.05) is 6.61 Å². The zero-order valence-electron chi connectivity index (χ0n) is 13.7. The Morgan fingerprint density at radius 2 is 2.07 bits per heavy atom. The maximum absolute atomic E-state index is 12.1. The second kappa shape index (κ2) is 6.69. The first-order valence-corrected chi connectivity index (χ1v) is 8.28. The van der Waals surface area contributed by atoms with Gasteiger partial charge in [-0.3, -0.25) is 10.1 Å². The van der Waals surface area contributed by atoms with Crippen molar-refractivity contribution in [3.8, 4) is 5.75 Å². The molecular formula is C19H11ClN2O5. The Kier molecular flexibility index (Phi) is 4.21. The molecule has 0 saturated heterocycles. The highest BCUT2D eigenvalue weighted by atomic mass is 35.5. The fourth-order valence-corrected chi connectivity index (χ4v) is 2.89. The molecule has 2 aliphatic rings. The summed E-state index contributed by atoms with van der Waals surface area (Å²) >= 11 is 6.00. The predicted octanol–water partition coefficient (Wildman–Crippen LogP) is 3.91. The molecule has 0 radical (unpaired) electrons. The number of hydrogen-bond donors (Lipinski definition) is 0. The molecule has 134 valence electrons. The van der Waals surface area contributed by atoms with Crippen molar-refractivity contribution < 1.29 is 19.2 Å². The van der Waals surface area contributed by atoms with Crippen molar-refractivity contribution in [3.05, 3.63) is 86.1 Å². The van der Waals surface area contributed by atoms with E-state index >= 15 is 0 Å². The number of hydrogen-bond acceptors (Lipinski definition) is 6. The number of non-ortho nitro benzene ring substituents is 1. The summed E-state index contributed by atoms with van der Waals surface area (Å²) in [7, 11) is 0. The van der Waals surface area contributed by atoms with Gasteiger partial charge in [0.25, 0.3) is 5.69 Å². The number of cyclic esters (lactones) is 1. The predicted molar refractivity (Wildman–Crippen MR) is 98.7 cm³/mol. The van der Waals surface area contributed by atoms with Crippen LogP contribution >= 0.6 is 11.6 Å². The van der Waals surface area contributed by atoms with Crippen molar-refractivity contribution in [2.24, 2.45) is 4.99 Å². The van der Waals surface area contributed by atoms with Crippen LogP contribution in [0.4, 0.5) is 5.69 Å². The number of nitrogens with zero attached hydrogens (tertiary/aromatic N) is 2. The van der Waals surface area contributed by atoms with Crippen LogP contribution in [0.5, 0.6) is 5.75 Å². The van der Waals surface area contributed by atoms with Crippen LogP contribution in [0.15, 0.2) is 64.8 Å². The van der Waals surface area contributed by atoms with Gasteiger partial charge in [0.05, 0.1) is 4.92 Å². The summed E-state index contributed by atoms with van der Waals surface area (Å²) in [6, 6.07) is 11.0. The fraction of sp³-hybridized carbons (Fsp3) is 0.0526. The molecule has 0 fully saturated rings. The molecule has 2 aliphatic heterocycles. The first kappa shape index (κ1) is 17.0. The van der Waals surface area contributed by atoms with E-state index in [2.05, 4.69) is 4.99 Å². The number of benzene rings is 2. The summed E-state index contributed by atoms with van der Waals surface area (Å²) in [5, 5.41) is 11.5. The van der Waals surface area contributed by atoms with Gasteiger partial charge in [-0.05, 0) is 42.0 Å². The number of nitro groups is 1. The van der Waals surface area contributed by atoms with E-state index in [-0.39, 0.29) is 23.9 Å². The van der Waals surface area contributed by atoms with E-state index in [9.17, 15) is 14.9 Å². The number of rotatable bonds is 3. The molecule has 0 bridgehead atoms. The molecule has 2 heterocycles. The standard InChI is InChI=1S/C19H11ClN2O5/c20-14-4-5-17-13(8-14)6-11(10-26-17)7-16-19(23)27-18(21-16)12-2-1-3-15(9-12)22(24)25/h1-9H,10H2/b16-7+. The SMILES string of the molecule is O=C1OC(c2cccc([N+](=O)[O-])c2)=N/C1=C/C1=Cc2cc(Cl)ccc2OC1. The molecule has 2 aromatic rings. The Balaban J connectivity index is 1.65. The van der Waals surface area contributed by atoms with Crippen molar-refractivity contribution in [3.63, 3.8) is 0 Å². The summed E-state index contributed by atoms with van der Waals surface area (Å²) in [6.07, 6.45) is 3.42. The third-order valence-corrected chi connectivity index (χ3v) is 4.19. The van der Waals surface area contributed by atoms with E-state index < -0.39 is 10.9 Å². The maximum Gasteiger partial charge on any atom is 0.363 e. The van der Waals surface area contributed by atoms with Crippen LogP contribution in [-0.2, 0) is 9.53 Å². The van der Waals surface area contributed by atoms with E-state index in [1.54, 1.807) is 30.3 Å². The topological polar surface area (TPSA) is 91.0 Å². The minimum atomic E-state index is -0.630. The molecule has 0 saturated carbocycles. The first-order chi connectivity index (χ1) is 13.0. The second-order valence-electron chi connectivity index (χ2n) is 5.83. The number of carbonyl (C=O) groups is 1. The Bertz CT molecular complexity index is 1070. The second-order valence-corrected chi connectivity index (χ2v) is 6.27. The molecule has 0 aliphatic carbocycles. The number of fused-ring (bicyclic) bond motifs is 1. The summed E-state index contributed by atoms with van der Waals surface area (Å²) in [5.41, 5.74) is 1.86. The number of nitro benzene ring substituents is 1. The van der Waals surface area contributed by atoms with Gasteiger partial charge in [-0.2, -0.15) is 0 Å². The van der Waals surface area contributed by atoms with Gasteiger partial charge < -0.3 is 9.47 Å². The lowest BCUT2D eigenvalue weighted by Gasteiger charge is -2.16.